The molecular formula is C53H33N9. The average molecular weight is 796 g/mol. The molecule has 0 aliphatic heterocycles. The summed E-state index contributed by atoms with van der Waals surface area (Å²) in [5.74, 6) is 3.33. The van der Waals surface area contributed by atoms with E-state index < -0.39 is 0 Å². The molecule has 0 atom stereocenters. The Bertz CT molecular complexity index is 3390. The zero-order valence-corrected chi connectivity index (χ0v) is 33.1. The third-order valence-electron chi connectivity index (χ3n) is 11.5. The van der Waals surface area contributed by atoms with Gasteiger partial charge in [0.2, 0.25) is 0 Å². The molecular weight excluding hydrogens is 763 g/mol. The fourth-order valence-corrected chi connectivity index (χ4v) is 8.62. The average Bonchev–Trinajstić information content (AvgIpc) is 3.86. The topological polar surface area (TPSA) is 100 Å². The lowest BCUT2D eigenvalue weighted by Gasteiger charge is -2.10. The van der Waals surface area contributed by atoms with Gasteiger partial charge in [-0.05, 0) is 95.1 Å². The highest BCUT2D eigenvalue weighted by Crippen LogP contribution is 2.39. The molecule has 0 saturated heterocycles. The number of rotatable bonds is 7. The zero-order chi connectivity index (χ0) is 41.0. The Balaban J connectivity index is 1.07. The van der Waals surface area contributed by atoms with Gasteiger partial charge in [0, 0.05) is 50.6 Å². The summed E-state index contributed by atoms with van der Waals surface area (Å²) >= 11 is 0. The van der Waals surface area contributed by atoms with Crippen molar-refractivity contribution in [3.63, 3.8) is 0 Å². The second-order valence-electron chi connectivity index (χ2n) is 15.1. The first-order chi connectivity index (χ1) is 30.7. The summed E-state index contributed by atoms with van der Waals surface area (Å²) < 4.78 is 4.38. The van der Waals surface area contributed by atoms with E-state index in [1.54, 1.807) is 25.0 Å². The first-order valence-electron chi connectivity index (χ1n) is 20.4. The van der Waals surface area contributed by atoms with Crippen LogP contribution in [0.15, 0.2) is 201 Å². The maximum absolute atomic E-state index is 5.26. The molecule has 0 radical (unpaired) electrons. The van der Waals surface area contributed by atoms with E-state index in [9.17, 15) is 0 Å². The first-order valence-corrected chi connectivity index (χ1v) is 20.4. The molecule has 0 amide bonds. The van der Waals surface area contributed by atoms with Crippen LogP contribution in [0, 0.1) is 0 Å². The Morgan fingerprint density at radius 3 is 1.00 bits per heavy atom. The summed E-state index contributed by atoms with van der Waals surface area (Å²) in [5.41, 5.74) is 11.3. The third-order valence-corrected chi connectivity index (χ3v) is 11.5. The molecule has 0 N–H and O–H groups in total. The highest BCUT2D eigenvalue weighted by atomic mass is 15.1. The molecule has 0 bridgehead atoms. The molecule has 0 spiro atoms. The lowest BCUT2D eigenvalue weighted by molar-refractivity contribution is 1.04. The number of nitrogens with zero attached hydrogens (tertiary/aromatic N) is 9. The summed E-state index contributed by atoms with van der Waals surface area (Å²) in [5, 5.41) is 4.31. The SMILES string of the molecule is c1ccc(-c2ccc3c(c2)c2cc(-c4nc(-c5ccccc5)nc(-c5ccc6c(c5)c5cc(-c7ccccc7)ccc5n6-c5ccncn5)n4)ccc2n3-c2ccncn2)cc1. The van der Waals surface area contributed by atoms with Crippen LogP contribution >= 0.6 is 0 Å². The molecule has 9 heteroatoms. The minimum absolute atomic E-state index is 0.577. The highest BCUT2D eigenvalue weighted by Gasteiger charge is 2.20. The van der Waals surface area contributed by atoms with Crippen LogP contribution in [-0.4, -0.2) is 44.0 Å². The number of aromatic nitrogens is 9. The summed E-state index contributed by atoms with van der Waals surface area (Å²) in [6, 6.07) is 61.0. The van der Waals surface area contributed by atoms with Gasteiger partial charge in [0.25, 0.3) is 0 Å². The van der Waals surface area contributed by atoms with Crippen LogP contribution in [-0.2, 0) is 0 Å². The monoisotopic (exact) mass is 795 g/mol. The summed E-state index contributed by atoms with van der Waals surface area (Å²) in [6.45, 7) is 0. The van der Waals surface area contributed by atoms with Gasteiger partial charge >= 0.3 is 0 Å². The van der Waals surface area contributed by atoms with Crippen LogP contribution in [0.3, 0.4) is 0 Å². The second-order valence-corrected chi connectivity index (χ2v) is 15.1. The van der Waals surface area contributed by atoms with Gasteiger partial charge in [-0.25, -0.2) is 34.9 Å². The third kappa shape index (κ3) is 5.98. The molecule has 0 unspecified atom stereocenters. The molecule has 7 aromatic carbocycles. The maximum Gasteiger partial charge on any atom is 0.164 e. The van der Waals surface area contributed by atoms with E-state index in [0.29, 0.717) is 17.5 Å². The van der Waals surface area contributed by atoms with Gasteiger partial charge in [-0.15, -0.1) is 0 Å². The van der Waals surface area contributed by atoms with E-state index in [0.717, 1.165) is 94.2 Å². The van der Waals surface area contributed by atoms with Crippen LogP contribution in [0.25, 0.3) is 112 Å². The Morgan fingerprint density at radius 1 is 0.290 bits per heavy atom. The molecule has 12 aromatic rings. The standard InChI is InChI=1S/C53H33N9/c1-4-10-34(11-5-1)37-16-20-45-41(28-37)43-30-39(18-22-47(43)61(45)49-24-26-54-32-56-49)52-58-51(36-14-8-3-9-15-36)59-53(60-52)40-19-23-48-44(31-40)42-29-38(35-12-6-2-7-13-35)17-21-46(42)62(48)50-25-27-55-33-57-50/h1-33H. The van der Waals surface area contributed by atoms with Crippen molar-refractivity contribution in [3.8, 4) is 68.1 Å². The Kier molecular flexibility index (Phi) is 8.27. The molecule has 9 nitrogen and oxygen atoms in total. The van der Waals surface area contributed by atoms with Gasteiger partial charge in [-0.2, -0.15) is 0 Å². The van der Waals surface area contributed by atoms with Gasteiger partial charge < -0.3 is 0 Å². The molecule has 0 aliphatic rings. The predicted molar refractivity (Wildman–Crippen MR) is 247 cm³/mol. The van der Waals surface area contributed by atoms with Crippen molar-refractivity contribution >= 4 is 43.6 Å². The van der Waals surface area contributed by atoms with Crippen molar-refractivity contribution in [3.05, 3.63) is 201 Å². The predicted octanol–water partition coefficient (Wildman–Crippen LogP) is 12.0. The van der Waals surface area contributed by atoms with E-state index in [2.05, 4.69) is 150 Å². The molecule has 290 valence electrons. The fourth-order valence-electron chi connectivity index (χ4n) is 8.62. The highest BCUT2D eigenvalue weighted by molar-refractivity contribution is 6.12. The summed E-state index contributed by atoms with van der Waals surface area (Å²) in [4.78, 5) is 33.3. The van der Waals surface area contributed by atoms with Gasteiger partial charge in [-0.3, -0.25) is 9.13 Å². The van der Waals surface area contributed by atoms with Crippen LogP contribution in [0.2, 0.25) is 0 Å². The quantitative estimate of drug-likeness (QED) is 0.158. The number of hydrogen-bond acceptors (Lipinski definition) is 7. The van der Waals surface area contributed by atoms with Crippen LogP contribution in [0.1, 0.15) is 0 Å². The van der Waals surface area contributed by atoms with Crippen LogP contribution in [0.4, 0.5) is 0 Å². The molecule has 0 saturated carbocycles. The lowest BCUT2D eigenvalue weighted by atomic mass is 10.0. The van der Waals surface area contributed by atoms with E-state index in [1.165, 1.54) is 0 Å². The number of fused-ring (bicyclic) bond motifs is 6. The van der Waals surface area contributed by atoms with Gasteiger partial charge in [-0.1, -0.05) is 103 Å². The van der Waals surface area contributed by atoms with Gasteiger partial charge in [0.05, 0.1) is 22.1 Å². The van der Waals surface area contributed by atoms with Crippen molar-refractivity contribution in [1.29, 1.82) is 0 Å². The maximum atomic E-state index is 5.26. The first kappa shape index (κ1) is 35.3. The molecule has 5 aromatic heterocycles. The Hall–Kier alpha value is -8.69. The molecule has 12 rings (SSSR count). The largest absolute Gasteiger partial charge is 0.294 e. The minimum Gasteiger partial charge on any atom is -0.294 e. The molecule has 5 heterocycles. The van der Waals surface area contributed by atoms with Crippen molar-refractivity contribution < 1.29 is 0 Å². The van der Waals surface area contributed by atoms with Crippen LogP contribution in [0.5, 0.6) is 0 Å². The van der Waals surface area contributed by atoms with E-state index >= 15 is 0 Å². The van der Waals surface area contributed by atoms with E-state index in [1.807, 2.05) is 54.6 Å². The molecule has 0 aliphatic carbocycles. The Morgan fingerprint density at radius 2 is 0.629 bits per heavy atom. The normalized spacial score (nSPS) is 11.5. The minimum atomic E-state index is 0.577. The fraction of sp³-hybridized carbons (Fsp3) is 0. The van der Waals surface area contributed by atoms with Crippen molar-refractivity contribution in [2.45, 2.75) is 0 Å². The second kappa shape index (κ2) is 14.5. The molecule has 62 heavy (non-hydrogen) atoms. The summed E-state index contributed by atoms with van der Waals surface area (Å²) in [7, 11) is 0. The van der Waals surface area contributed by atoms with Crippen LogP contribution < -0.4 is 0 Å². The molecule has 0 fully saturated rings. The van der Waals surface area contributed by atoms with E-state index in [4.69, 9.17) is 15.0 Å². The van der Waals surface area contributed by atoms with Crippen molar-refractivity contribution in [1.82, 2.24) is 44.0 Å². The Labute approximate surface area is 355 Å². The summed E-state index contributed by atoms with van der Waals surface area (Å²) in [6.07, 6.45) is 6.73. The lowest BCUT2D eigenvalue weighted by Crippen LogP contribution is -2.00. The van der Waals surface area contributed by atoms with Crippen molar-refractivity contribution in [2.24, 2.45) is 0 Å². The smallest absolute Gasteiger partial charge is 0.164 e. The number of benzene rings is 7. The van der Waals surface area contributed by atoms with Gasteiger partial charge in [0.15, 0.2) is 17.5 Å². The van der Waals surface area contributed by atoms with Gasteiger partial charge in [0.1, 0.15) is 24.3 Å². The number of hydrogen-bond donors (Lipinski definition) is 0. The zero-order valence-electron chi connectivity index (χ0n) is 33.1. The van der Waals surface area contributed by atoms with Crippen molar-refractivity contribution in [2.75, 3.05) is 0 Å². The van der Waals surface area contributed by atoms with E-state index in [-0.39, 0.29) is 0 Å².